The predicted octanol–water partition coefficient (Wildman–Crippen LogP) is 15.0. The van der Waals surface area contributed by atoms with Crippen LogP contribution in [-0.4, -0.2) is 49.6 Å². The Bertz CT molecular complexity index is 2200. The van der Waals surface area contributed by atoms with Gasteiger partial charge >= 0.3 is 0 Å². The third-order valence-electron chi connectivity index (χ3n) is 13.4. The number of anilines is 3. The number of hydrogen-bond donors (Lipinski definition) is 6. The van der Waals surface area contributed by atoms with Gasteiger partial charge in [-0.05, 0) is 56.4 Å². The first-order valence-electron chi connectivity index (χ1n) is 27.4. The predicted molar refractivity (Wildman–Crippen MR) is 295 cm³/mol. The molecule has 0 radical (unpaired) electrons. The molecule has 0 aliphatic heterocycles. The number of rotatable bonds is 34. The van der Waals surface area contributed by atoms with Crippen LogP contribution < -0.4 is 22.5 Å². The van der Waals surface area contributed by atoms with Crippen molar-refractivity contribution in [3.05, 3.63) is 76.3 Å². The number of nitrogen functional groups attached to an aromatic ring is 1. The molecule has 0 spiro atoms. The van der Waals surface area contributed by atoms with Crippen LogP contribution in [-0.2, 0) is 20.2 Å². The summed E-state index contributed by atoms with van der Waals surface area (Å²) in [5, 5.41) is 2.61. The fourth-order valence-corrected chi connectivity index (χ4v) is 10.5. The van der Waals surface area contributed by atoms with Gasteiger partial charge in [-0.3, -0.25) is 18.7 Å². The van der Waals surface area contributed by atoms with Crippen LogP contribution in [0.1, 0.15) is 258 Å². The topological polar surface area (TPSA) is 233 Å². The molecule has 14 heteroatoms. The highest BCUT2D eigenvalue weighted by Crippen LogP contribution is 2.41. The molecular weight excluding hydrogens is 933 g/mol. The summed E-state index contributed by atoms with van der Waals surface area (Å²) in [7, 11) is -9.67. The smallest absolute Gasteiger partial charge is 0.296 e. The summed E-state index contributed by atoms with van der Waals surface area (Å²) in [5.41, 5.74) is 16.9. The van der Waals surface area contributed by atoms with E-state index in [0.29, 0.717) is 17.6 Å². The van der Waals surface area contributed by atoms with Gasteiger partial charge in [-0.1, -0.05) is 225 Å². The Balaban J connectivity index is 0.000000394. The van der Waals surface area contributed by atoms with Crippen LogP contribution in [0.3, 0.4) is 0 Å². The summed E-state index contributed by atoms with van der Waals surface area (Å²) in [6.45, 7) is 10.7. The van der Waals surface area contributed by atoms with Gasteiger partial charge in [-0.15, -0.1) is 0 Å². The van der Waals surface area contributed by atoms with E-state index in [2.05, 4.69) is 33.0 Å². The first-order chi connectivity index (χ1) is 33.9. The molecule has 2 atom stereocenters. The standard InChI is InChI=1S/C21H16N2O8S2.2C18H39N/c1-10-6-7-13(15(8-10)32(26,27)28)23-14-9-16(33(29,30)31)19(22)18-17(14)20(24)11-4-2-3-5-12(11)21(18)25;2*1-3-5-7-9-11-13-15-17-18(19)16-14-12-10-8-6-4-2/h2-9,23H,22H2,1H3,(H,26,27,28)(H,29,30,31);2*18H,3-17,19H2,1-2H3. The minimum absolute atomic E-state index is 0.00546. The summed E-state index contributed by atoms with van der Waals surface area (Å²) < 4.78 is 67.0. The van der Waals surface area contributed by atoms with E-state index in [1.165, 1.54) is 229 Å². The van der Waals surface area contributed by atoms with Crippen LogP contribution in [0.4, 0.5) is 17.1 Å². The van der Waals surface area contributed by atoms with Crippen molar-refractivity contribution in [3.8, 4) is 0 Å². The molecule has 0 amide bonds. The van der Waals surface area contributed by atoms with Crippen molar-refractivity contribution in [2.24, 2.45) is 11.5 Å². The zero-order valence-electron chi connectivity index (χ0n) is 44.4. The summed E-state index contributed by atoms with van der Waals surface area (Å²) >= 11 is 0. The number of nitrogens with two attached hydrogens (primary N) is 3. The molecule has 1 aliphatic carbocycles. The van der Waals surface area contributed by atoms with E-state index in [4.69, 9.17) is 17.2 Å². The fraction of sp³-hybridized carbons (Fsp3) is 0.649. The van der Waals surface area contributed by atoms with Crippen LogP contribution in [0.2, 0.25) is 0 Å². The maximum absolute atomic E-state index is 13.3. The lowest BCUT2D eigenvalue weighted by atomic mass is 9.82. The number of carbonyl (C=O) groups excluding carboxylic acids is 2. The SMILES string of the molecule is CCCCCCCCCC(N)CCCCCCCC.CCCCCCCCCC(N)CCCCCCCC.Cc1ccc(Nc2cc(S(=O)(=O)O)c(N)c3c2C(=O)c2ccccc2C3=O)c(S(=O)(=O)O)c1. The minimum atomic E-state index is -4.94. The molecule has 12 nitrogen and oxygen atoms in total. The Morgan fingerprint density at radius 1 is 0.465 bits per heavy atom. The van der Waals surface area contributed by atoms with Gasteiger partial charge in [-0.25, -0.2) is 0 Å². The normalized spacial score (nSPS) is 13.1. The largest absolute Gasteiger partial charge is 0.397 e. The highest BCUT2D eigenvalue weighted by molar-refractivity contribution is 7.86. The second kappa shape index (κ2) is 35.5. The van der Waals surface area contributed by atoms with E-state index in [1.54, 1.807) is 6.92 Å². The number of aryl methyl sites for hydroxylation is 1. The highest BCUT2D eigenvalue weighted by atomic mass is 32.2. The molecule has 3 aromatic carbocycles. The number of nitrogens with one attached hydrogen (secondary N) is 1. The van der Waals surface area contributed by atoms with Gasteiger partial charge in [0.25, 0.3) is 20.2 Å². The maximum atomic E-state index is 13.3. The molecule has 0 fully saturated rings. The first-order valence-corrected chi connectivity index (χ1v) is 30.3. The molecule has 2 unspecified atom stereocenters. The fourth-order valence-electron chi connectivity index (χ4n) is 9.09. The average molecular weight is 1030 g/mol. The van der Waals surface area contributed by atoms with Crippen LogP contribution in [0.5, 0.6) is 0 Å². The van der Waals surface area contributed by atoms with Crippen molar-refractivity contribution in [1.82, 2.24) is 0 Å². The molecule has 0 saturated heterocycles. The second-order valence-corrected chi connectivity index (χ2v) is 22.6. The summed E-state index contributed by atoms with van der Waals surface area (Å²) in [6, 6.07) is 11.6. The lowest BCUT2D eigenvalue weighted by Gasteiger charge is -2.24. The number of unbranched alkanes of at least 4 members (excludes halogenated alkanes) is 22. The van der Waals surface area contributed by atoms with Gasteiger partial charge in [0.2, 0.25) is 0 Å². The van der Waals surface area contributed by atoms with E-state index >= 15 is 0 Å². The average Bonchev–Trinajstić information content (AvgIpc) is 3.33. The van der Waals surface area contributed by atoms with Crippen molar-refractivity contribution in [2.45, 2.75) is 249 Å². The third-order valence-corrected chi connectivity index (χ3v) is 15.2. The summed E-state index contributed by atoms with van der Waals surface area (Å²) in [6.07, 6.45) is 41.3. The van der Waals surface area contributed by atoms with E-state index < -0.39 is 52.8 Å². The van der Waals surface area contributed by atoms with Crippen molar-refractivity contribution in [3.63, 3.8) is 0 Å². The van der Waals surface area contributed by atoms with E-state index in [9.17, 15) is 35.5 Å². The molecule has 0 heterocycles. The molecule has 0 bridgehead atoms. The number of fused-ring (bicyclic) bond motifs is 2. The van der Waals surface area contributed by atoms with Gasteiger partial charge in [-0.2, -0.15) is 16.8 Å². The molecule has 0 aromatic heterocycles. The molecule has 71 heavy (non-hydrogen) atoms. The summed E-state index contributed by atoms with van der Waals surface area (Å²) in [5.74, 6) is -1.41. The quantitative estimate of drug-likeness (QED) is 0.0146. The lowest BCUT2D eigenvalue weighted by molar-refractivity contribution is 0.0980. The monoisotopic (exact) mass is 1030 g/mol. The molecule has 0 saturated carbocycles. The van der Waals surface area contributed by atoms with Crippen LogP contribution in [0.15, 0.2) is 58.3 Å². The van der Waals surface area contributed by atoms with E-state index in [-0.39, 0.29) is 28.1 Å². The first kappa shape index (κ1) is 63.5. The number of hydrogen-bond acceptors (Lipinski definition) is 10. The molecule has 4 rings (SSSR count). The number of benzene rings is 3. The maximum Gasteiger partial charge on any atom is 0.296 e. The third kappa shape index (κ3) is 24.3. The lowest BCUT2D eigenvalue weighted by Crippen LogP contribution is -2.25. The molecule has 402 valence electrons. The molecule has 3 aromatic rings. The Hall–Kier alpha value is -3.66. The summed E-state index contributed by atoms with van der Waals surface area (Å²) in [4.78, 5) is 25.1. The van der Waals surface area contributed by atoms with Crippen molar-refractivity contribution >= 4 is 48.9 Å². The van der Waals surface area contributed by atoms with Crippen LogP contribution >= 0.6 is 0 Å². The van der Waals surface area contributed by atoms with Gasteiger partial charge in [0.15, 0.2) is 11.6 Å². The zero-order valence-corrected chi connectivity index (χ0v) is 46.0. The van der Waals surface area contributed by atoms with E-state index in [1.807, 2.05) is 0 Å². The zero-order chi connectivity index (χ0) is 52.7. The molecule has 9 N–H and O–H groups in total. The Kier molecular flexibility index (Phi) is 31.7. The van der Waals surface area contributed by atoms with Crippen molar-refractivity contribution in [1.29, 1.82) is 0 Å². The van der Waals surface area contributed by atoms with Gasteiger partial charge in [0.05, 0.1) is 28.2 Å². The van der Waals surface area contributed by atoms with Crippen LogP contribution in [0, 0.1) is 6.92 Å². The van der Waals surface area contributed by atoms with Crippen LogP contribution in [0.25, 0.3) is 0 Å². The van der Waals surface area contributed by atoms with Gasteiger partial charge in [0.1, 0.15) is 9.79 Å². The number of carbonyl (C=O) groups is 2. The van der Waals surface area contributed by atoms with Gasteiger partial charge in [0, 0.05) is 23.2 Å². The van der Waals surface area contributed by atoms with Crippen molar-refractivity contribution < 1.29 is 35.5 Å². The second-order valence-electron chi connectivity index (χ2n) is 19.8. The molecular formula is C57H94N4O8S2. The Morgan fingerprint density at radius 3 is 1.15 bits per heavy atom. The minimum Gasteiger partial charge on any atom is -0.397 e. The van der Waals surface area contributed by atoms with E-state index in [0.717, 1.165) is 12.1 Å². The van der Waals surface area contributed by atoms with Crippen molar-refractivity contribution in [2.75, 3.05) is 11.1 Å². The Morgan fingerprint density at radius 2 is 0.803 bits per heavy atom. The number of ketones is 2. The van der Waals surface area contributed by atoms with Gasteiger partial charge < -0.3 is 22.5 Å². The highest BCUT2D eigenvalue weighted by Gasteiger charge is 2.37. The molecule has 1 aliphatic rings. The Labute approximate surface area is 430 Å².